The molecule has 1 saturated carbocycles. The summed E-state index contributed by atoms with van der Waals surface area (Å²) in [6.07, 6.45) is 12.2. The minimum atomic E-state index is -0.165. The number of amidine groups is 1. The zero-order valence-electron chi connectivity index (χ0n) is 20.7. The van der Waals surface area contributed by atoms with Crippen LogP contribution in [-0.4, -0.2) is 59.0 Å². The molecule has 190 valence electrons. The van der Waals surface area contributed by atoms with E-state index in [1.165, 1.54) is 10.9 Å². The fourth-order valence-corrected chi connectivity index (χ4v) is 9.25. The molecular weight excluding hydrogens is 571 g/mol. The smallest absolute Gasteiger partial charge is 0.224 e. The lowest BCUT2D eigenvalue weighted by Gasteiger charge is -2.33. The number of rotatable bonds is 7. The SMILES string of the molecule is CCC[C@H](C)Nc1ncc2c(C3CCN(C(=N)C4=CI=CS4)CC3)cn(C3CCC(O)CC3)c2n1. The predicted molar refractivity (Wildman–Crippen MR) is 156 cm³/mol. The van der Waals surface area contributed by atoms with E-state index in [9.17, 15) is 5.11 Å². The summed E-state index contributed by atoms with van der Waals surface area (Å²) in [6, 6.07) is 0.724. The third-order valence-corrected chi connectivity index (χ3v) is 11.4. The molecule has 0 aromatic carbocycles. The highest BCUT2D eigenvalue weighted by molar-refractivity contribution is 14.2. The molecular formula is C26H37IN6OS. The summed E-state index contributed by atoms with van der Waals surface area (Å²) in [5, 5.41) is 23.4. The van der Waals surface area contributed by atoms with Crippen LogP contribution >= 0.6 is 32.5 Å². The highest BCUT2D eigenvalue weighted by Crippen LogP contribution is 2.39. The van der Waals surface area contributed by atoms with Gasteiger partial charge in [0.25, 0.3) is 0 Å². The van der Waals surface area contributed by atoms with Crippen molar-refractivity contribution in [1.82, 2.24) is 19.4 Å². The molecule has 7 nitrogen and oxygen atoms in total. The summed E-state index contributed by atoms with van der Waals surface area (Å²) in [5.41, 5.74) is 2.39. The number of likely N-dealkylation sites (tertiary alicyclic amines) is 1. The van der Waals surface area contributed by atoms with Crippen LogP contribution in [0, 0.1) is 5.41 Å². The topological polar surface area (TPSA) is 90.1 Å². The minimum absolute atomic E-state index is 0.0324. The zero-order chi connectivity index (χ0) is 24.4. The first-order valence-electron chi connectivity index (χ1n) is 13.0. The monoisotopic (exact) mass is 608 g/mol. The van der Waals surface area contributed by atoms with Crippen LogP contribution in [0.3, 0.4) is 0 Å². The molecule has 9 heteroatoms. The molecule has 0 spiro atoms. The average Bonchev–Trinajstić information content (AvgIpc) is 3.53. The lowest BCUT2D eigenvalue weighted by molar-refractivity contribution is 0.111. The number of piperidine rings is 1. The van der Waals surface area contributed by atoms with E-state index < -0.39 is 0 Å². The molecule has 5 rings (SSSR count). The van der Waals surface area contributed by atoms with Gasteiger partial charge in [0, 0.05) is 46.3 Å². The van der Waals surface area contributed by atoms with Gasteiger partial charge in [-0.2, -0.15) is 4.98 Å². The fraction of sp³-hybridized carbons (Fsp3) is 0.615. The van der Waals surface area contributed by atoms with E-state index in [4.69, 9.17) is 15.4 Å². The van der Waals surface area contributed by atoms with Crippen LogP contribution in [0.15, 0.2) is 21.4 Å². The number of hydrogen-bond donors (Lipinski definition) is 3. The molecule has 0 bridgehead atoms. The summed E-state index contributed by atoms with van der Waals surface area (Å²) >= 11 is 1.78. The lowest BCUT2D eigenvalue weighted by Crippen LogP contribution is -2.37. The Morgan fingerprint density at radius 2 is 2.03 bits per heavy atom. The van der Waals surface area contributed by atoms with E-state index in [-0.39, 0.29) is 26.8 Å². The lowest BCUT2D eigenvalue weighted by atomic mass is 9.89. The van der Waals surface area contributed by atoms with Crippen molar-refractivity contribution in [2.75, 3.05) is 18.4 Å². The second-order valence-corrected chi connectivity index (χ2v) is 13.9. The van der Waals surface area contributed by atoms with Gasteiger partial charge in [0.1, 0.15) is 11.5 Å². The van der Waals surface area contributed by atoms with E-state index >= 15 is 0 Å². The average molecular weight is 609 g/mol. The number of halogens is 1. The van der Waals surface area contributed by atoms with Gasteiger partial charge in [-0.1, -0.05) is 45.8 Å². The molecule has 3 N–H and O–H groups in total. The van der Waals surface area contributed by atoms with Crippen molar-refractivity contribution < 1.29 is 5.11 Å². The molecule has 4 heterocycles. The second kappa shape index (κ2) is 11.3. The maximum Gasteiger partial charge on any atom is 0.224 e. The number of aromatic nitrogens is 3. The number of thioether (sulfide) groups is 1. The largest absolute Gasteiger partial charge is 0.393 e. The number of aliphatic hydroxyl groups is 1. The summed E-state index contributed by atoms with van der Waals surface area (Å²) < 4.78 is 6.94. The van der Waals surface area contributed by atoms with Crippen LogP contribution in [0.4, 0.5) is 5.95 Å². The van der Waals surface area contributed by atoms with Gasteiger partial charge in [-0.05, 0) is 67.4 Å². The van der Waals surface area contributed by atoms with Crippen molar-refractivity contribution in [1.29, 1.82) is 5.41 Å². The fourth-order valence-electron chi connectivity index (χ4n) is 5.65. The molecule has 0 amide bonds. The summed E-state index contributed by atoms with van der Waals surface area (Å²) in [6.45, 7) is 6.25. The molecule has 3 aliphatic rings. The molecule has 2 aliphatic heterocycles. The van der Waals surface area contributed by atoms with Crippen molar-refractivity contribution in [3.05, 3.63) is 26.9 Å². The second-order valence-electron chi connectivity index (χ2n) is 10.1. The van der Waals surface area contributed by atoms with Gasteiger partial charge in [-0.3, -0.25) is 5.41 Å². The third kappa shape index (κ3) is 5.61. The van der Waals surface area contributed by atoms with Crippen molar-refractivity contribution in [3.8, 4) is 0 Å². The van der Waals surface area contributed by atoms with Gasteiger partial charge in [0.05, 0.1) is 11.0 Å². The molecule has 0 unspecified atom stereocenters. The number of aliphatic hydroxyl groups excluding tert-OH is 1. The highest BCUT2D eigenvalue weighted by Gasteiger charge is 2.29. The maximum absolute atomic E-state index is 10.1. The number of anilines is 1. The van der Waals surface area contributed by atoms with E-state index in [1.807, 2.05) is 6.20 Å². The molecule has 1 atom stereocenters. The summed E-state index contributed by atoms with van der Waals surface area (Å²) in [4.78, 5) is 13.2. The Balaban J connectivity index is 1.39. The minimum Gasteiger partial charge on any atom is -0.393 e. The Bertz CT molecular complexity index is 1110. The third-order valence-electron chi connectivity index (χ3n) is 7.63. The van der Waals surface area contributed by atoms with E-state index in [0.717, 1.165) is 75.0 Å². The first-order valence-corrected chi connectivity index (χ1v) is 16.4. The quantitative estimate of drug-likeness (QED) is 0.204. The molecule has 1 aliphatic carbocycles. The van der Waals surface area contributed by atoms with Gasteiger partial charge in [0.15, 0.2) is 0 Å². The predicted octanol–water partition coefficient (Wildman–Crippen LogP) is 5.98. The molecule has 2 aromatic heterocycles. The molecule has 35 heavy (non-hydrogen) atoms. The van der Waals surface area contributed by atoms with Crippen LogP contribution in [0.5, 0.6) is 0 Å². The van der Waals surface area contributed by atoms with Crippen LogP contribution in [0.2, 0.25) is 0 Å². The van der Waals surface area contributed by atoms with Crippen LogP contribution in [-0.2, 0) is 0 Å². The van der Waals surface area contributed by atoms with E-state index in [1.54, 1.807) is 11.8 Å². The van der Waals surface area contributed by atoms with Crippen molar-refractivity contribution in [3.63, 3.8) is 0 Å². The molecule has 2 aromatic rings. The van der Waals surface area contributed by atoms with Crippen LogP contribution in [0.25, 0.3) is 11.0 Å². The first kappa shape index (κ1) is 25.2. The number of nitrogens with zero attached hydrogens (tertiary/aromatic N) is 4. The van der Waals surface area contributed by atoms with Gasteiger partial charge in [-0.25, -0.2) is 4.98 Å². The Labute approximate surface area is 222 Å². The van der Waals surface area contributed by atoms with E-state index in [0.29, 0.717) is 29.8 Å². The number of hydrogen-bond acceptors (Lipinski definition) is 6. The summed E-state index contributed by atoms with van der Waals surface area (Å²) in [5.74, 6) is 1.89. The molecule has 1 saturated heterocycles. The summed E-state index contributed by atoms with van der Waals surface area (Å²) in [7, 11) is 0. The zero-order valence-corrected chi connectivity index (χ0v) is 23.7. The van der Waals surface area contributed by atoms with E-state index in [2.05, 4.69) is 42.3 Å². The molecule has 0 radical (unpaired) electrons. The standard InChI is InChI=1S/C26H37IN6OS/c1-3-4-17(2)30-26-29-14-21-22(15-33(25(21)31-26)19-5-7-20(34)8-6-19)18-9-11-32(12-10-18)24(28)23-13-27-16-35-23/h13-20,28,34H,3-12H2,1-2H3,(H,29,30,31)/t17-,19?,20?/m0/s1. The highest BCUT2D eigenvalue weighted by atomic mass is 127. The normalized spacial score (nSPS) is 24.3. The van der Waals surface area contributed by atoms with Crippen molar-refractivity contribution in [2.45, 2.75) is 89.3 Å². The number of fused-ring (bicyclic) bond motifs is 1. The Hall–Kier alpha value is -1.46. The first-order chi connectivity index (χ1) is 17.0. The van der Waals surface area contributed by atoms with Gasteiger partial charge in [0.2, 0.25) is 5.95 Å². The number of nitrogens with one attached hydrogen (secondary N) is 2. The van der Waals surface area contributed by atoms with Gasteiger partial charge in [-0.15, -0.1) is 0 Å². The van der Waals surface area contributed by atoms with Crippen LogP contribution < -0.4 is 5.32 Å². The Morgan fingerprint density at radius 1 is 1.26 bits per heavy atom. The molecule has 2 fully saturated rings. The maximum atomic E-state index is 10.1. The van der Waals surface area contributed by atoms with Gasteiger partial charge >= 0.3 is 0 Å². The van der Waals surface area contributed by atoms with Crippen molar-refractivity contribution in [2.24, 2.45) is 0 Å². The Kier molecular flexibility index (Phi) is 8.13. The van der Waals surface area contributed by atoms with Crippen LogP contribution in [0.1, 0.15) is 82.7 Å². The Morgan fingerprint density at radius 3 is 2.71 bits per heavy atom. The van der Waals surface area contributed by atoms with Gasteiger partial charge < -0.3 is 19.9 Å². The van der Waals surface area contributed by atoms with Crippen molar-refractivity contribution >= 4 is 58.7 Å².